The number of carbonyl (C=O) groups excluding carboxylic acids is 1. The van der Waals surface area contributed by atoms with E-state index in [2.05, 4.69) is 9.88 Å². The van der Waals surface area contributed by atoms with E-state index in [1.54, 1.807) is 13.3 Å². The molecule has 1 atom stereocenters. The highest BCUT2D eigenvalue weighted by atomic mass is 16.5. The second-order valence-corrected chi connectivity index (χ2v) is 8.88. The van der Waals surface area contributed by atoms with Gasteiger partial charge in [0.1, 0.15) is 5.56 Å². The summed E-state index contributed by atoms with van der Waals surface area (Å²) in [6.07, 6.45) is 12.4. The van der Waals surface area contributed by atoms with E-state index in [9.17, 15) is 4.79 Å². The van der Waals surface area contributed by atoms with Crippen molar-refractivity contribution in [1.29, 1.82) is 0 Å². The molecule has 148 valence electrons. The fraction of sp³-hybridized carbons (Fsp3) is 0.727. The first-order chi connectivity index (χ1) is 13.2. The number of aromatic nitrogens is 1. The molecule has 5 heteroatoms. The van der Waals surface area contributed by atoms with Crippen molar-refractivity contribution < 1.29 is 9.53 Å². The van der Waals surface area contributed by atoms with E-state index in [-0.39, 0.29) is 11.3 Å². The Bertz CT molecular complexity index is 659. The molecular weight excluding hydrogens is 338 g/mol. The molecule has 1 aromatic rings. The van der Waals surface area contributed by atoms with Crippen LogP contribution in [0.25, 0.3) is 0 Å². The molecule has 1 aromatic heterocycles. The van der Waals surface area contributed by atoms with Crippen LogP contribution in [0.5, 0.6) is 5.88 Å². The lowest BCUT2D eigenvalue weighted by Crippen LogP contribution is -2.47. The second-order valence-electron chi connectivity index (χ2n) is 8.88. The van der Waals surface area contributed by atoms with Gasteiger partial charge in [0, 0.05) is 37.8 Å². The fourth-order valence-corrected chi connectivity index (χ4v) is 5.53. The molecule has 1 aliphatic carbocycles. The van der Waals surface area contributed by atoms with Gasteiger partial charge in [0.05, 0.1) is 7.11 Å². The number of nitrogens with zero attached hydrogens (tertiary/aromatic N) is 3. The fourth-order valence-electron chi connectivity index (χ4n) is 5.53. The predicted octanol–water partition coefficient (Wildman–Crippen LogP) is 3.60. The average molecular weight is 372 g/mol. The minimum Gasteiger partial charge on any atom is -0.480 e. The van der Waals surface area contributed by atoms with E-state index >= 15 is 0 Å². The quantitative estimate of drug-likeness (QED) is 0.811. The van der Waals surface area contributed by atoms with Crippen LogP contribution in [-0.2, 0) is 0 Å². The van der Waals surface area contributed by atoms with Crippen molar-refractivity contribution in [3.63, 3.8) is 0 Å². The van der Waals surface area contributed by atoms with Gasteiger partial charge in [-0.25, -0.2) is 4.98 Å². The molecule has 0 bridgehead atoms. The van der Waals surface area contributed by atoms with Gasteiger partial charge in [-0.15, -0.1) is 0 Å². The highest BCUT2D eigenvalue weighted by Crippen LogP contribution is 2.40. The Balaban J connectivity index is 1.39. The zero-order chi connectivity index (χ0) is 18.7. The van der Waals surface area contributed by atoms with Crippen LogP contribution in [0, 0.1) is 11.3 Å². The number of ether oxygens (including phenoxy) is 1. The summed E-state index contributed by atoms with van der Waals surface area (Å²) in [6.45, 7) is 5.41. The molecule has 1 unspecified atom stereocenters. The summed E-state index contributed by atoms with van der Waals surface area (Å²) in [5, 5.41) is 0. The summed E-state index contributed by atoms with van der Waals surface area (Å²) >= 11 is 0. The van der Waals surface area contributed by atoms with Crippen molar-refractivity contribution >= 4 is 5.91 Å². The molecule has 0 N–H and O–H groups in total. The molecule has 0 radical (unpaired) electrons. The lowest BCUT2D eigenvalue weighted by molar-refractivity contribution is 0.0628. The first-order valence-corrected chi connectivity index (χ1v) is 10.7. The summed E-state index contributed by atoms with van der Waals surface area (Å²) in [5.41, 5.74) is 0.879. The third-order valence-electron chi connectivity index (χ3n) is 6.90. The summed E-state index contributed by atoms with van der Waals surface area (Å²) in [4.78, 5) is 22.0. The lowest BCUT2D eigenvalue weighted by Gasteiger charge is -2.42. The Kier molecular flexibility index (Phi) is 5.67. The van der Waals surface area contributed by atoms with Crippen LogP contribution in [0.3, 0.4) is 0 Å². The third-order valence-corrected chi connectivity index (χ3v) is 6.90. The first-order valence-electron chi connectivity index (χ1n) is 10.7. The Hall–Kier alpha value is -1.62. The highest BCUT2D eigenvalue weighted by Gasteiger charge is 2.43. The number of carbonyl (C=O) groups is 1. The van der Waals surface area contributed by atoms with E-state index in [0.717, 1.165) is 32.0 Å². The smallest absolute Gasteiger partial charge is 0.259 e. The number of likely N-dealkylation sites (tertiary alicyclic amines) is 2. The zero-order valence-electron chi connectivity index (χ0n) is 16.7. The van der Waals surface area contributed by atoms with Crippen molar-refractivity contribution in [2.45, 2.75) is 51.4 Å². The number of methoxy groups -OCH3 is 1. The topological polar surface area (TPSA) is 45.7 Å². The normalized spacial score (nSPS) is 27.2. The molecule has 2 saturated heterocycles. The van der Waals surface area contributed by atoms with Gasteiger partial charge < -0.3 is 14.5 Å². The Morgan fingerprint density at radius 1 is 1.19 bits per heavy atom. The number of amides is 1. The number of rotatable bonds is 4. The molecule has 3 fully saturated rings. The minimum atomic E-state index is 0.0706. The summed E-state index contributed by atoms with van der Waals surface area (Å²) in [5.74, 6) is 1.40. The minimum absolute atomic E-state index is 0.0706. The van der Waals surface area contributed by atoms with Gasteiger partial charge in [0.2, 0.25) is 5.88 Å². The molecule has 1 amide bonds. The molecule has 3 aliphatic rings. The van der Waals surface area contributed by atoms with Crippen LogP contribution in [-0.4, -0.2) is 60.5 Å². The van der Waals surface area contributed by atoms with E-state index in [1.807, 2.05) is 17.0 Å². The molecule has 5 nitrogen and oxygen atoms in total. The monoisotopic (exact) mass is 371 g/mol. The maximum atomic E-state index is 13.0. The van der Waals surface area contributed by atoms with Crippen molar-refractivity contribution in [3.8, 4) is 5.88 Å². The second kappa shape index (κ2) is 8.17. The predicted molar refractivity (Wildman–Crippen MR) is 106 cm³/mol. The number of hydrogen-bond donors (Lipinski definition) is 0. The molecule has 27 heavy (non-hydrogen) atoms. The van der Waals surface area contributed by atoms with E-state index in [0.29, 0.717) is 11.4 Å². The molecule has 0 aromatic carbocycles. The number of hydrogen-bond acceptors (Lipinski definition) is 4. The largest absolute Gasteiger partial charge is 0.480 e. The standard InChI is InChI=1S/C22H33N3O2/c1-27-20-19(9-5-12-23-20)21(26)25-14-11-22(17-25)10-6-13-24(16-22)15-18-7-3-2-4-8-18/h5,9,12,18H,2-4,6-8,10-11,13-17H2,1H3. The summed E-state index contributed by atoms with van der Waals surface area (Å²) in [6, 6.07) is 3.64. The maximum Gasteiger partial charge on any atom is 0.259 e. The van der Waals surface area contributed by atoms with Gasteiger partial charge in [-0.05, 0) is 56.7 Å². The van der Waals surface area contributed by atoms with Gasteiger partial charge in [-0.1, -0.05) is 19.3 Å². The molecule has 2 aliphatic heterocycles. The highest BCUT2D eigenvalue weighted by molar-refractivity contribution is 5.96. The van der Waals surface area contributed by atoms with Crippen LogP contribution >= 0.6 is 0 Å². The average Bonchev–Trinajstić information content (AvgIpc) is 3.11. The van der Waals surface area contributed by atoms with Crippen LogP contribution in [0.15, 0.2) is 18.3 Å². The van der Waals surface area contributed by atoms with Gasteiger partial charge in [0.15, 0.2) is 0 Å². The zero-order valence-corrected chi connectivity index (χ0v) is 16.7. The van der Waals surface area contributed by atoms with Gasteiger partial charge in [0.25, 0.3) is 5.91 Å². The van der Waals surface area contributed by atoms with Crippen molar-refractivity contribution in [2.75, 3.05) is 39.8 Å². The Morgan fingerprint density at radius 2 is 2.04 bits per heavy atom. The molecular formula is C22H33N3O2. The Labute approximate surface area is 163 Å². The maximum absolute atomic E-state index is 13.0. The van der Waals surface area contributed by atoms with Crippen LogP contribution in [0.1, 0.15) is 61.7 Å². The molecule has 1 saturated carbocycles. The van der Waals surface area contributed by atoms with Gasteiger partial charge in [-0.2, -0.15) is 0 Å². The SMILES string of the molecule is COc1ncccc1C(=O)N1CCC2(CCCN(CC3CCCCC3)C2)C1. The molecule has 4 rings (SSSR count). The van der Waals surface area contributed by atoms with Gasteiger partial charge >= 0.3 is 0 Å². The molecule has 1 spiro atoms. The number of pyridine rings is 1. The summed E-state index contributed by atoms with van der Waals surface area (Å²) in [7, 11) is 1.58. The van der Waals surface area contributed by atoms with Crippen LogP contribution in [0.4, 0.5) is 0 Å². The number of piperidine rings is 1. The van der Waals surface area contributed by atoms with E-state index in [1.165, 1.54) is 58.0 Å². The Morgan fingerprint density at radius 3 is 2.85 bits per heavy atom. The lowest BCUT2D eigenvalue weighted by atomic mass is 9.78. The van der Waals surface area contributed by atoms with Crippen molar-refractivity contribution in [2.24, 2.45) is 11.3 Å². The molecule has 3 heterocycles. The summed E-state index contributed by atoms with van der Waals surface area (Å²) < 4.78 is 5.30. The van der Waals surface area contributed by atoms with Crippen LogP contribution < -0.4 is 4.74 Å². The third kappa shape index (κ3) is 4.13. The van der Waals surface area contributed by atoms with Crippen molar-refractivity contribution in [1.82, 2.24) is 14.8 Å². The van der Waals surface area contributed by atoms with Gasteiger partial charge in [-0.3, -0.25) is 4.79 Å². The first kappa shape index (κ1) is 18.7. The van der Waals surface area contributed by atoms with E-state index < -0.39 is 0 Å². The van der Waals surface area contributed by atoms with Crippen molar-refractivity contribution in [3.05, 3.63) is 23.9 Å². The van der Waals surface area contributed by atoms with Crippen LogP contribution in [0.2, 0.25) is 0 Å². The van der Waals surface area contributed by atoms with E-state index in [4.69, 9.17) is 4.74 Å².